The monoisotopic (exact) mass is 146 g/mol. The highest BCUT2D eigenvalue weighted by molar-refractivity contribution is 8.00. The standard InChI is InChI=1S/C5H10N2OS/c6-1-4-2-7-5(8)3-9-4/h4H,1-3,6H2,(H,7,8). The second-order valence-electron chi connectivity index (χ2n) is 1.97. The minimum Gasteiger partial charge on any atom is -0.354 e. The van der Waals surface area contributed by atoms with Crippen molar-refractivity contribution in [3.05, 3.63) is 0 Å². The van der Waals surface area contributed by atoms with Gasteiger partial charge in [-0.05, 0) is 0 Å². The Kier molecular flexibility index (Phi) is 2.36. The Morgan fingerprint density at radius 2 is 2.67 bits per heavy atom. The van der Waals surface area contributed by atoms with Gasteiger partial charge >= 0.3 is 0 Å². The quantitative estimate of drug-likeness (QED) is 0.508. The van der Waals surface area contributed by atoms with Crippen molar-refractivity contribution in [3.63, 3.8) is 0 Å². The van der Waals surface area contributed by atoms with Gasteiger partial charge in [0.2, 0.25) is 5.91 Å². The SMILES string of the molecule is NCC1CNC(=O)CS1. The molecule has 3 N–H and O–H groups in total. The predicted molar refractivity (Wildman–Crippen MR) is 38.3 cm³/mol. The Labute approximate surface area is 58.4 Å². The lowest BCUT2D eigenvalue weighted by atomic mass is 10.4. The van der Waals surface area contributed by atoms with Crippen LogP contribution < -0.4 is 11.1 Å². The van der Waals surface area contributed by atoms with E-state index in [1.54, 1.807) is 11.8 Å². The summed E-state index contributed by atoms with van der Waals surface area (Å²) in [6.45, 7) is 1.39. The van der Waals surface area contributed by atoms with Gasteiger partial charge in [0.25, 0.3) is 0 Å². The Hall–Kier alpha value is -0.220. The summed E-state index contributed by atoms with van der Waals surface area (Å²) in [4.78, 5) is 10.6. The predicted octanol–water partition coefficient (Wildman–Crippen LogP) is -0.823. The van der Waals surface area contributed by atoms with Crippen LogP contribution in [0.1, 0.15) is 0 Å². The van der Waals surface area contributed by atoms with Crippen molar-refractivity contribution in [1.29, 1.82) is 0 Å². The first-order chi connectivity index (χ1) is 4.33. The zero-order chi connectivity index (χ0) is 6.69. The molecule has 1 unspecified atom stereocenters. The number of carbonyl (C=O) groups excluding carboxylic acids is 1. The minimum absolute atomic E-state index is 0.129. The summed E-state index contributed by atoms with van der Waals surface area (Å²) in [7, 11) is 0. The minimum atomic E-state index is 0.129. The molecule has 1 fully saturated rings. The molecule has 0 spiro atoms. The number of amides is 1. The van der Waals surface area contributed by atoms with Crippen LogP contribution in [0, 0.1) is 0 Å². The molecule has 0 aromatic rings. The number of rotatable bonds is 1. The smallest absolute Gasteiger partial charge is 0.230 e. The molecule has 4 heteroatoms. The van der Waals surface area contributed by atoms with Crippen molar-refractivity contribution in [3.8, 4) is 0 Å². The van der Waals surface area contributed by atoms with Gasteiger partial charge < -0.3 is 11.1 Å². The first-order valence-corrected chi connectivity index (χ1v) is 3.96. The zero-order valence-electron chi connectivity index (χ0n) is 5.09. The van der Waals surface area contributed by atoms with Crippen molar-refractivity contribution in [2.45, 2.75) is 5.25 Å². The summed E-state index contributed by atoms with van der Waals surface area (Å²) < 4.78 is 0. The number of hydrogen-bond acceptors (Lipinski definition) is 3. The van der Waals surface area contributed by atoms with Gasteiger partial charge in [0.15, 0.2) is 0 Å². The van der Waals surface area contributed by atoms with Crippen LogP contribution in [0.15, 0.2) is 0 Å². The Morgan fingerprint density at radius 1 is 1.89 bits per heavy atom. The molecule has 52 valence electrons. The zero-order valence-corrected chi connectivity index (χ0v) is 5.91. The molecule has 1 rings (SSSR count). The maximum absolute atomic E-state index is 10.6. The first kappa shape index (κ1) is 6.89. The Balaban J connectivity index is 2.26. The first-order valence-electron chi connectivity index (χ1n) is 2.91. The van der Waals surface area contributed by atoms with Gasteiger partial charge in [-0.3, -0.25) is 4.79 Å². The summed E-state index contributed by atoms with van der Waals surface area (Å²) in [5.74, 6) is 0.701. The highest BCUT2D eigenvalue weighted by Crippen LogP contribution is 2.11. The third-order valence-electron chi connectivity index (χ3n) is 1.24. The van der Waals surface area contributed by atoms with Crippen molar-refractivity contribution < 1.29 is 4.79 Å². The van der Waals surface area contributed by atoms with Crippen molar-refractivity contribution in [2.75, 3.05) is 18.8 Å². The summed E-state index contributed by atoms with van der Waals surface area (Å²) in [5, 5.41) is 3.18. The highest BCUT2D eigenvalue weighted by atomic mass is 32.2. The van der Waals surface area contributed by atoms with Gasteiger partial charge in [-0.1, -0.05) is 0 Å². The average Bonchev–Trinajstić information content (AvgIpc) is 1.90. The molecule has 1 aliphatic heterocycles. The molecule has 1 heterocycles. The second-order valence-corrected chi connectivity index (χ2v) is 3.26. The van der Waals surface area contributed by atoms with Gasteiger partial charge in [0.05, 0.1) is 5.75 Å². The highest BCUT2D eigenvalue weighted by Gasteiger charge is 2.15. The van der Waals surface area contributed by atoms with Crippen LogP contribution in [0.3, 0.4) is 0 Å². The van der Waals surface area contributed by atoms with E-state index in [1.807, 2.05) is 0 Å². The van der Waals surface area contributed by atoms with E-state index in [9.17, 15) is 4.79 Å². The molecule has 9 heavy (non-hydrogen) atoms. The van der Waals surface area contributed by atoms with E-state index in [2.05, 4.69) is 5.32 Å². The molecular weight excluding hydrogens is 136 g/mol. The average molecular weight is 146 g/mol. The van der Waals surface area contributed by atoms with E-state index in [1.165, 1.54) is 0 Å². The van der Waals surface area contributed by atoms with Crippen LogP contribution >= 0.6 is 11.8 Å². The summed E-state index contributed by atoms with van der Waals surface area (Å²) in [6.07, 6.45) is 0. The lowest BCUT2D eigenvalue weighted by Crippen LogP contribution is -2.40. The molecule has 0 bridgehead atoms. The van der Waals surface area contributed by atoms with Crippen molar-refractivity contribution in [2.24, 2.45) is 5.73 Å². The van der Waals surface area contributed by atoms with Crippen LogP contribution in [0.4, 0.5) is 0 Å². The molecule has 0 saturated carbocycles. The van der Waals surface area contributed by atoms with Crippen LogP contribution in [0.2, 0.25) is 0 Å². The van der Waals surface area contributed by atoms with Gasteiger partial charge in [-0.15, -0.1) is 11.8 Å². The molecule has 1 saturated heterocycles. The summed E-state index contributed by atoms with van der Waals surface area (Å²) in [6, 6.07) is 0. The molecule has 0 aliphatic carbocycles. The third kappa shape index (κ3) is 1.87. The number of nitrogens with two attached hydrogens (primary N) is 1. The van der Waals surface area contributed by atoms with Crippen LogP contribution in [-0.4, -0.2) is 30.0 Å². The Morgan fingerprint density at radius 3 is 3.11 bits per heavy atom. The molecular formula is C5H10N2OS. The van der Waals surface area contributed by atoms with Crippen LogP contribution in [0.25, 0.3) is 0 Å². The molecule has 0 aromatic heterocycles. The fourth-order valence-electron chi connectivity index (χ4n) is 0.683. The van der Waals surface area contributed by atoms with E-state index in [0.29, 0.717) is 17.5 Å². The summed E-state index contributed by atoms with van der Waals surface area (Å²) in [5.41, 5.74) is 5.38. The molecule has 3 nitrogen and oxygen atoms in total. The Bertz CT molecular complexity index is 108. The van der Waals surface area contributed by atoms with Gasteiger partial charge in [0, 0.05) is 18.3 Å². The van der Waals surface area contributed by atoms with Crippen molar-refractivity contribution in [1.82, 2.24) is 5.32 Å². The van der Waals surface area contributed by atoms with Crippen LogP contribution in [-0.2, 0) is 4.79 Å². The molecule has 0 radical (unpaired) electrons. The van der Waals surface area contributed by atoms with E-state index in [4.69, 9.17) is 5.73 Å². The number of hydrogen-bond donors (Lipinski definition) is 2. The van der Waals surface area contributed by atoms with Crippen molar-refractivity contribution >= 4 is 17.7 Å². The molecule has 0 aromatic carbocycles. The largest absolute Gasteiger partial charge is 0.354 e. The fraction of sp³-hybridized carbons (Fsp3) is 0.800. The third-order valence-corrected chi connectivity index (χ3v) is 2.50. The van der Waals surface area contributed by atoms with Gasteiger partial charge in [0.1, 0.15) is 0 Å². The second kappa shape index (κ2) is 3.08. The normalized spacial score (nSPS) is 27.7. The number of thioether (sulfide) groups is 1. The van der Waals surface area contributed by atoms with E-state index in [-0.39, 0.29) is 5.91 Å². The number of nitrogens with one attached hydrogen (secondary N) is 1. The fourth-order valence-corrected chi connectivity index (χ4v) is 1.51. The van der Waals surface area contributed by atoms with Crippen LogP contribution in [0.5, 0.6) is 0 Å². The summed E-state index contributed by atoms with van der Waals surface area (Å²) >= 11 is 1.63. The number of carbonyl (C=O) groups is 1. The maximum atomic E-state index is 10.6. The lowest BCUT2D eigenvalue weighted by molar-refractivity contribution is -0.118. The van der Waals surface area contributed by atoms with E-state index < -0.39 is 0 Å². The van der Waals surface area contributed by atoms with Gasteiger partial charge in [-0.25, -0.2) is 0 Å². The topological polar surface area (TPSA) is 55.1 Å². The lowest BCUT2D eigenvalue weighted by Gasteiger charge is -2.19. The molecule has 1 amide bonds. The van der Waals surface area contributed by atoms with Gasteiger partial charge in [-0.2, -0.15) is 0 Å². The maximum Gasteiger partial charge on any atom is 0.230 e. The van der Waals surface area contributed by atoms with E-state index in [0.717, 1.165) is 6.54 Å². The molecule has 1 aliphatic rings. The molecule has 1 atom stereocenters. The van der Waals surface area contributed by atoms with E-state index >= 15 is 0 Å².